The van der Waals surface area contributed by atoms with E-state index in [1.807, 2.05) is 6.08 Å². The molecule has 3 heterocycles. The lowest BCUT2D eigenvalue weighted by Gasteiger charge is -2.48. The molecule has 3 fully saturated rings. The molecule has 0 aromatic heterocycles. The summed E-state index contributed by atoms with van der Waals surface area (Å²) in [6, 6.07) is -0.989. The van der Waals surface area contributed by atoms with E-state index in [-0.39, 0.29) is 18.9 Å². The summed E-state index contributed by atoms with van der Waals surface area (Å²) in [5.41, 5.74) is 0. The lowest BCUT2D eigenvalue weighted by molar-refractivity contribution is -0.379. The molecular formula is C50H89NO18. The van der Waals surface area contributed by atoms with Crippen LogP contribution in [0.15, 0.2) is 36.5 Å². The third kappa shape index (κ3) is 21.2. The van der Waals surface area contributed by atoms with Crippen LogP contribution in [0.1, 0.15) is 142 Å². The zero-order valence-electron chi connectivity index (χ0n) is 41.0. The van der Waals surface area contributed by atoms with E-state index in [0.29, 0.717) is 12.8 Å². The third-order valence-corrected chi connectivity index (χ3v) is 12.9. The van der Waals surface area contributed by atoms with E-state index in [2.05, 4.69) is 43.5 Å². The van der Waals surface area contributed by atoms with Crippen LogP contribution in [0.2, 0.25) is 0 Å². The van der Waals surface area contributed by atoms with Crippen molar-refractivity contribution in [2.75, 3.05) is 26.4 Å². The van der Waals surface area contributed by atoms with Crippen LogP contribution in [-0.2, 0) is 33.2 Å². The molecule has 402 valence electrons. The van der Waals surface area contributed by atoms with Crippen molar-refractivity contribution in [2.24, 2.45) is 0 Å². The first-order chi connectivity index (χ1) is 33.3. The van der Waals surface area contributed by atoms with Crippen LogP contribution in [0.3, 0.4) is 0 Å². The molecule has 3 aliphatic rings. The molecule has 0 bridgehead atoms. The van der Waals surface area contributed by atoms with Crippen molar-refractivity contribution in [3.63, 3.8) is 0 Å². The highest BCUT2D eigenvalue weighted by atomic mass is 16.8. The van der Waals surface area contributed by atoms with E-state index < -0.39 is 124 Å². The highest BCUT2D eigenvalue weighted by molar-refractivity contribution is 5.76. The summed E-state index contributed by atoms with van der Waals surface area (Å²) in [5.74, 6) is -0.301. The van der Waals surface area contributed by atoms with Crippen LogP contribution in [0.4, 0.5) is 0 Å². The molecule has 0 aromatic carbocycles. The summed E-state index contributed by atoms with van der Waals surface area (Å²) in [6.45, 7) is 1.59. The van der Waals surface area contributed by atoms with E-state index in [9.17, 15) is 61.0 Å². The first-order valence-corrected chi connectivity index (χ1v) is 25.7. The Morgan fingerprint density at radius 2 is 0.942 bits per heavy atom. The second kappa shape index (κ2) is 35.2. The molecule has 69 heavy (non-hydrogen) atoms. The molecule has 0 radical (unpaired) electrons. The highest BCUT2D eigenvalue weighted by Crippen LogP contribution is 2.33. The lowest BCUT2D eigenvalue weighted by atomic mass is 9.96. The maximum Gasteiger partial charge on any atom is 0.220 e. The molecule has 3 rings (SSSR count). The first kappa shape index (κ1) is 61.3. The Morgan fingerprint density at radius 3 is 1.49 bits per heavy atom. The van der Waals surface area contributed by atoms with Crippen LogP contribution in [0.25, 0.3) is 0 Å². The SMILES string of the molecule is CCCC/C=C\CCCCCCCC(=O)NC(COC1OC(CO)C(OC2OC(CO)C(OC3OC(CO)C(O)C(O)C3O)C(O)C2O)C(O)C1O)C(O)/C=C/CC/C=C/CCCCCCCCC. The fourth-order valence-electron chi connectivity index (χ4n) is 8.54. The molecule has 17 atom stereocenters. The van der Waals surface area contributed by atoms with Gasteiger partial charge in [0.05, 0.1) is 38.6 Å². The van der Waals surface area contributed by atoms with Crippen molar-refractivity contribution in [3.05, 3.63) is 36.5 Å². The van der Waals surface area contributed by atoms with Gasteiger partial charge in [-0.15, -0.1) is 0 Å². The van der Waals surface area contributed by atoms with Gasteiger partial charge in [-0.25, -0.2) is 0 Å². The number of allylic oxidation sites excluding steroid dienone is 5. The molecule has 3 saturated heterocycles. The number of carbonyl (C=O) groups excluding carboxylic acids is 1. The predicted molar refractivity (Wildman–Crippen MR) is 254 cm³/mol. The van der Waals surface area contributed by atoms with Crippen LogP contribution in [0.5, 0.6) is 0 Å². The number of nitrogens with one attached hydrogen (secondary N) is 1. The second-order valence-corrected chi connectivity index (χ2v) is 18.6. The van der Waals surface area contributed by atoms with Crippen molar-refractivity contribution in [1.29, 1.82) is 0 Å². The summed E-state index contributed by atoms with van der Waals surface area (Å²) in [6.07, 6.45) is 5.87. The number of ether oxygens (including phenoxy) is 6. The van der Waals surface area contributed by atoms with Crippen LogP contribution < -0.4 is 5.32 Å². The summed E-state index contributed by atoms with van der Waals surface area (Å²) >= 11 is 0. The van der Waals surface area contributed by atoms with E-state index >= 15 is 0 Å². The predicted octanol–water partition coefficient (Wildman–Crippen LogP) is 1.81. The normalized spacial score (nSPS) is 33.1. The van der Waals surface area contributed by atoms with Gasteiger partial charge in [-0.2, -0.15) is 0 Å². The van der Waals surface area contributed by atoms with E-state index in [0.717, 1.165) is 57.8 Å². The number of rotatable bonds is 35. The van der Waals surface area contributed by atoms with Gasteiger partial charge in [0.2, 0.25) is 5.91 Å². The topological polar surface area (TPSA) is 307 Å². The Morgan fingerprint density at radius 1 is 0.507 bits per heavy atom. The van der Waals surface area contributed by atoms with Gasteiger partial charge in [0.15, 0.2) is 18.9 Å². The van der Waals surface area contributed by atoms with Gasteiger partial charge < -0.3 is 89.9 Å². The van der Waals surface area contributed by atoms with Crippen molar-refractivity contribution in [1.82, 2.24) is 5.32 Å². The first-order valence-electron chi connectivity index (χ1n) is 25.7. The number of aliphatic hydroxyl groups excluding tert-OH is 11. The minimum absolute atomic E-state index is 0.224. The molecule has 1 amide bonds. The van der Waals surface area contributed by atoms with Crippen LogP contribution in [0, 0.1) is 0 Å². The van der Waals surface area contributed by atoms with E-state index in [1.54, 1.807) is 6.08 Å². The Kier molecular flexibility index (Phi) is 31.3. The van der Waals surface area contributed by atoms with Crippen molar-refractivity contribution < 1.29 is 89.4 Å². The fraction of sp³-hybridized carbons (Fsp3) is 0.860. The number of aliphatic hydroxyl groups is 11. The molecule has 0 saturated carbocycles. The molecule has 12 N–H and O–H groups in total. The molecule has 0 spiro atoms. The van der Waals surface area contributed by atoms with Gasteiger partial charge >= 0.3 is 0 Å². The molecule has 3 aliphatic heterocycles. The largest absolute Gasteiger partial charge is 0.394 e. The average Bonchev–Trinajstić information content (AvgIpc) is 3.34. The monoisotopic (exact) mass is 992 g/mol. The minimum Gasteiger partial charge on any atom is -0.394 e. The van der Waals surface area contributed by atoms with Gasteiger partial charge in [-0.3, -0.25) is 4.79 Å². The number of hydrogen-bond donors (Lipinski definition) is 12. The van der Waals surface area contributed by atoms with Crippen LogP contribution >= 0.6 is 0 Å². The molecule has 0 aromatic rings. The quantitative estimate of drug-likeness (QED) is 0.0318. The number of carbonyl (C=O) groups is 1. The maximum absolute atomic E-state index is 13.2. The average molecular weight is 992 g/mol. The van der Waals surface area contributed by atoms with Gasteiger partial charge in [-0.05, 0) is 51.4 Å². The van der Waals surface area contributed by atoms with Gasteiger partial charge in [0.1, 0.15) is 73.2 Å². The Hall–Kier alpha value is -1.99. The van der Waals surface area contributed by atoms with Crippen molar-refractivity contribution in [3.8, 4) is 0 Å². The number of hydrogen-bond acceptors (Lipinski definition) is 18. The smallest absolute Gasteiger partial charge is 0.220 e. The minimum atomic E-state index is -1.98. The Balaban J connectivity index is 1.59. The Labute approximate surface area is 409 Å². The standard InChI is InChI=1S/C50H89NO18/c1-3-5-7-9-11-13-15-16-18-19-21-23-25-27-34(55)33(51-38(56)28-26-24-22-20-17-14-12-10-8-6-4-2)32-64-48-44(62)41(59)46(36(30-53)66-48)69-50-45(63)42(60)47(37(31-54)67-50)68-49-43(61)40(58)39(57)35(29-52)65-49/h10,12,18-19,25,27,33-37,39-50,52-55,57-63H,3-9,11,13-17,20-24,26,28-32H2,1-2H3,(H,51,56)/b12-10-,19-18+,27-25+. The van der Waals surface area contributed by atoms with E-state index in [1.165, 1.54) is 51.4 Å². The number of amides is 1. The van der Waals surface area contributed by atoms with Gasteiger partial charge in [0.25, 0.3) is 0 Å². The number of unbranched alkanes of at least 4 members (excludes halogenated alkanes) is 15. The third-order valence-electron chi connectivity index (χ3n) is 12.9. The van der Waals surface area contributed by atoms with Crippen molar-refractivity contribution in [2.45, 2.75) is 247 Å². The zero-order valence-corrected chi connectivity index (χ0v) is 41.0. The van der Waals surface area contributed by atoms with Gasteiger partial charge in [-0.1, -0.05) is 121 Å². The summed E-state index contributed by atoms with van der Waals surface area (Å²) < 4.78 is 34.0. The maximum atomic E-state index is 13.2. The molecule has 19 nitrogen and oxygen atoms in total. The molecule has 17 unspecified atom stereocenters. The summed E-state index contributed by atoms with van der Waals surface area (Å²) in [7, 11) is 0. The molecule has 0 aliphatic carbocycles. The van der Waals surface area contributed by atoms with E-state index in [4.69, 9.17) is 28.4 Å². The highest BCUT2D eigenvalue weighted by Gasteiger charge is 2.53. The summed E-state index contributed by atoms with van der Waals surface area (Å²) in [4.78, 5) is 13.2. The summed E-state index contributed by atoms with van der Waals surface area (Å²) in [5, 5.41) is 119. The lowest BCUT2D eigenvalue weighted by Crippen LogP contribution is -2.66. The zero-order chi connectivity index (χ0) is 50.6. The van der Waals surface area contributed by atoms with Crippen LogP contribution in [-0.4, -0.2) is 193 Å². The molecule has 19 heteroatoms. The molecular weight excluding hydrogens is 903 g/mol. The second-order valence-electron chi connectivity index (χ2n) is 18.6. The van der Waals surface area contributed by atoms with Crippen molar-refractivity contribution >= 4 is 5.91 Å². The van der Waals surface area contributed by atoms with Gasteiger partial charge in [0, 0.05) is 6.42 Å². The Bertz CT molecular complexity index is 1420. The fourth-order valence-corrected chi connectivity index (χ4v) is 8.54.